The van der Waals surface area contributed by atoms with Gasteiger partial charge in [0, 0.05) is 11.8 Å². The van der Waals surface area contributed by atoms with Gasteiger partial charge in [0.1, 0.15) is 11.3 Å². The number of pyridine rings is 1. The highest BCUT2D eigenvalue weighted by Gasteiger charge is 2.17. The summed E-state index contributed by atoms with van der Waals surface area (Å²) in [6.45, 7) is 3.35. The van der Waals surface area contributed by atoms with Gasteiger partial charge < -0.3 is 9.84 Å². The van der Waals surface area contributed by atoms with Crippen LogP contribution in [0.5, 0.6) is 11.5 Å². The molecule has 0 saturated heterocycles. The first-order valence-electron chi connectivity index (χ1n) is 6.01. The molecule has 0 bridgehead atoms. The number of nitro benzene ring substituents is 1. The van der Waals surface area contributed by atoms with Gasteiger partial charge in [-0.05, 0) is 31.5 Å². The van der Waals surface area contributed by atoms with Crippen LogP contribution in [0.15, 0.2) is 30.6 Å². The van der Waals surface area contributed by atoms with E-state index in [1.165, 1.54) is 24.5 Å². The molecular formula is C14H12N2O5. The van der Waals surface area contributed by atoms with Gasteiger partial charge in [-0.1, -0.05) is 0 Å². The van der Waals surface area contributed by atoms with E-state index in [-0.39, 0.29) is 22.7 Å². The molecule has 21 heavy (non-hydrogen) atoms. The van der Waals surface area contributed by atoms with Gasteiger partial charge in [0.15, 0.2) is 5.75 Å². The molecule has 0 aliphatic heterocycles. The number of aromatic carboxylic acids is 1. The third-order valence-electron chi connectivity index (χ3n) is 2.93. The summed E-state index contributed by atoms with van der Waals surface area (Å²) in [5.74, 6) is -0.902. The summed E-state index contributed by atoms with van der Waals surface area (Å²) in [5, 5.41) is 20.0. The fourth-order valence-electron chi connectivity index (χ4n) is 1.88. The number of nitrogens with zero attached hydrogens (tertiary/aromatic N) is 2. The summed E-state index contributed by atoms with van der Waals surface area (Å²) >= 11 is 0. The van der Waals surface area contributed by atoms with Crippen molar-refractivity contribution < 1.29 is 19.6 Å². The second kappa shape index (κ2) is 5.58. The lowest BCUT2D eigenvalue weighted by Crippen LogP contribution is -2.01. The molecule has 0 unspecified atom stereocenters. The Labute approximate surface area is 120 Å². The second-order valence-electron chi connectivity index (χ2n) is 4.44. The molecule has 1 aromatic heterocycles. The Kier molecular flexibility index (Phi) is 3.84. The topological polar surface area (TPSA) is 103 Å². The Morgan fingerprint density at radius 1 is 1.29 bits per heavy atom. The van der Waals surface area contributed by atoms with Crippen molar-refractivity contribution in [2.24, 2.45) is 0 Å². The summed E-state index contributed by atoms with van der Waals surface area (Å²) < 4.78 is 5.50. The van der Waals surface area contributed by atoms with Crippen LogP contribution in [-0.4, -0.2) is 21.0 Å². The molecule has 2 rings (SSSR count). The summed E-state index contributed by atoms with van der Waals surface area (Å²) in [7, 11) is 0. The number of carboxylic acid groups (broad SMARTS) is 1. The van der Waals surface area contributed by atoms with E-state index in [0.717, 1.165) is 0 Å². The molecule has 0 spiro atoms. The highest BCUT2D eigenvalue weighted by Crippen LogP contribution is 2.32. The standard InChI is InChI=1S/C14H12N2O5/c1-8-5-9(2)12(6-11(8)16(19)20)21-13-7-15-4-3-10(13)14(17)18/h3-7H,1-2H3,(H,17,18). The van der Waals surface area contributed by atoms with Crippen molar-refractivity contribution in [1.29, 1.82) is 0 Å². The Morgan fingerprint density at radius 2 is 2.00 bits per heavy atom. The van der Waals surface area contributed by atoms with E-state index in [2.05, 4.69) is 4.98 Å². The number of rotatable bonds is 4. The minimum atomic E-state index is -1.16. The van der Waals surface area contributed by atoms with E-state index in [4.69, 9.17) is 9.84 Å². The molecule has 0 fully saturated rings. The maximum absolute atomic E-state index is 11.1. The van der Waals surface area contributed by atoms with Crippen molar-refractivity contribution in [3.05, 3.63) is 57.4 Å². The molecule has 1 N–H and O–H groups in total. The SMILES string of the molecule is Cc1cc(C)c([N+](=O)[O-])cc1Oc1cnccc1C(=O)O. The number of aromatic nitrogens is 1. The van der Waals surface area contributed by atoms with E-state index in [9.17, 15) is 14.9 Å². The summed E-state index contributed by atoms with van der Waals surface area (Å²) in [6, 6.07) is 4.20. The molecule has 108 valence electrons. The van der Waals surface area contributed by atoms with Crippen LogP contribution in [0.3, 0.4) is 0 Å². The van der Waals surface area contributed by atoms with Gasteiger partial charge in [0.2, 0.25) is 0 Å². The smallest absolute Gasteiger partial charge is 0.339 e. The predicted octanol–water partition coefficient (Wildman–Crippen LogP) is 3.10. The largest absolute Gasteiger partial charge is 0.478 e. The average Bonchev–Trinajstić information content (AvgIpc) is 2.41. The maximum Gasteiger partial charge on any atom is 0.339 e. The molecule has 0 atom stereocenters. The molecule has 0 aliphatic rings. The van der Waals surface area contributed by atoms with Gasteiger partial charge in [-0.3, -0.25) is 15.1 Å². The zero-order valence-corrected chi connectivity index (χ0v) is 11.4. The van der Waals surface area contributed by atoms with Crippen molar-refractivity contribution in [1.82, 2.24) is 4.98 Å². The van der Waals surface area contributed by atoms with Crippen LogP contribution >= 0.6 is 0 Å². The number of nitro groups is 1. The quantitative estimate of drug-likeness (QED) is 0.685. The van der Waals surface area contributed by atoms with Crippen LogP contribution in [0.25, 0.3) is 0 Å². The van der Waals surface area contributed by atoms with Gasteiger partial charge in [0.25, 0.3) is 5.69 Å². The first kappa shape index (κ1) is 14.4. The summed E-state index contributed by atoms with van der Waals surface area (Å²) in [4.78, 5) is 25.4. The van der Waals surface area contributed by atoms with Crippen molar-refractivity contribution in [3.63, 3.8) is 0 Å². The molecule has 0 aliphatic carbocycles. The highest BCUT2D eigenvalue weighted by atomic mass is 16.6. The van der Waals surface area contributed by atoms with Gasteiger partial charge in [-0.25, -0.2) is 4.79 Å². The first-order valence-corrected chi connectivity index (χ1v) is 6.01. The molecule has 1 heterocycles. The highest BCUT2D eigenvalue weighted by molar-refractivity contribution is 5.90. The fraction of sp³-hybridized carbons (Fsp3) is 0.143. The van der Waals surface area contributed by atoms with E-state index in [1.807, 2.05) is 0 Å². The van der Waals surface area contributed by atoms with Crippen LogP contribution in [0.4, 0.5) is 5.69 Å². The molecule has 7 nitrogen and oxygen atoms in total. The first-order chi connectivity index (χ1) is 9.90. The number of aryl methyl sites for hydroxylation is 2. The second-order valence-corrected chi connectivity index (χ2v) is 4.44. The van der Waals surface area contributed by atoms with Crippen molar-refractivity contribution in [2.45, 2.75) is 13.8 Å². The van der Waals surface area contributed by atoms with E-state index in [0.29, 0.717) is 11.1 Å². The Bertz CT molecular complexity index is 727. The van der Waals surface area contributed by atoms with Gasteiger partial charge in [-0.2, -0.15) is 0 Å². The monoisotopic (exact) mass is 288 g/mol. The third kappa shape index (κ3) is 2.97. The Balaban J connectivity index is 2.47. The lowest BCUT2D eigenvalue weighted by atomic mass is 10.1. The van der Waals surface area contributed by atoms with Crippen molar-refractivity contribution in [2.75, 3.05) is 0 Å². The average molecular weight is 288 g/mol. The van der Waals surface area contributed by atoms with Crippen LogP contribution in [0, 0.1) is 24.0 Å². The number of carbonyl (C=O) groups is 1. The van der Waals surface area contributed by atoms with Crippen LogP contribution in [-0.2, 0) is 0 Å². The normalized spacial score (nSPS) is 10.2. The number of carboxylic acids is 1. The van der Waals surface area contributed by atoms with Crippen LogP contribution in [0.2, 0.25) is 0 Å². The Hall–Kier alpha value is -2.96. The minimum absolute atomic E-state index is 0.0336. The minimum Gasteiger partial charge on any atom is -0.478 e. The number of ether oxygens (including phenoxy) is 1. The van der Waals surface area contributed by atoms with Crippen molar-refractivity contribution >= 4 is 11.7 Å². The molecule has 0 saturated carbocycles. The van der Waals surface area contributed by atoms with Gasteiger partial charge >= 0.3 is 5.97 Å². The third-order valence-corrected chi connectivity index (χ3v) is 2.93. The predicted molar refractivity (Wildman–Crippen MR) is 73.8 cm³/mol. The lowest BCUT2D eigenvalue weighted by molar-refractivity contribution is -0.385. The lowest BCUT2D eigenvalue weighted by Gasteiger charge is -2.11. The van der Waals surface area contributed by atoms with Crippen LogP contribution < -0.4 is 4.74 Å². The molecule has 2 aromatic rings. The molecule has 0 amide bonds. The van der Waals surface area contributed by atoms with Gasteiger partial charge in [-0.15, -0.1) is 0 Å². The van der Waals surface area contributed by atoms with Crippen molar-refractivity contribution in [3.8, 4) is 11.5 Å². The fourth-order valence-corrected chi connectivity index (χ4v) is 1.88. The molecule has 7 heteroatoms. The van der Waals surface area contributed by atoms with Gasteiger partial charge in [0.05, 0.1) is 17.2 Å². The van der Waals surface area contributed by atoms with E-state index in [1.54, 1.807) is 19.9 Å². The number of benzene rings is 1. The molecular weight excluding hydrogens is 276 g/mol. The van der Waals surface area contributed by atoms with Crippen LogP contribution in [0.1, 0.15) is 21.5 Å². The zero-order valence-electron chi connectivity index (χ0n) is 11.4. The number of hydrogen-bond donors (Lipinski definition) is 1. The maximum atomic E-state index is 11.1. The molecule has 1 aromatic carbocycles. The molecule has 0 radical (unpaired) electrons. The van der Waals surface area contributed by atoms with E-state index < -0.39 is 10.9 Å². The van der Waals surface area contributed by atoms with E-state index >= 15 is 0 Å². The number of hydrogen-bond acceptors (Lipinski definition) is 5. The summed E-state index contributed by atoms with van der Waals surface area (Å²) in [5.41, 5.74) is 1.02. The Morgan fingerprint density at radius 3 is 2.62 bits per heavy atom. The zero-order chi connectivity index (χ0) is 15.6. The summed E-state index contributed by atoms with van der Waals surface area (Å²) in [6.07, 6.45) is 2.59.